The Morgan fingerprint density at radius 2 is 1.86 bits per heavy atom. The first-order valence-electron chi connectivity index (χ1n) is 8.85. The molecule has 2 saturated heterocycles. The maximum Gasteiger partial charge on any atom is 0.0111 e. The van der Waals surface area contributed by atoms with Gasteiger partial charge in [0.15, 0.2) is 0 Å². The highest BCUT2D eigenvalue weighted by molar-refractivity contribution is 5.31. The van der Waals surface area contributed by atoms with Crippen molar-refractivity contribution in [2.24, 2.45) is 0 Å². The Morgan fingerprint density at radius 3 is 2.71 bits per heavy atom. The lowest BCUT2D eigenvalue weighted by molar-refractivity contribution is 0.145. The first kappa shape index (κ1) is 13.8. The number of rotatable bonds is 3. The van der Waals surface area contributed by atoms with E-state index >= 15 is 0 Å². The summed E-state index contributed by atoms with van der Waals surface area (Å²) in [6.07, 6.45) is 8.31. The number of hydrogen-bond donors (Lipinski definition) is 1. The predicted octanol–water partition coefficient (Wildman–Crippen LogP) is 3.46. The second-order valence-electron chi connectivity index (χ2n) is 7.44. The van der Waals surface area contributed by atoms with Gasteiger partial charge in [-0.3, -0.25) is 0 Å². The fourth-order valence-corrected chi connectivity index (χ4v) is 4.76. The fraction of sp³-hybridized carbons (Fsp3) is 0.684. The summed E-state index contributed by atoms with van der Waals surface area (Å²) >= 11 is 0. The van der Waals surface area contributed by atoms with Gasteiger partial charge in [0.2, 0.25) is 0 Å². The molecule has 0 bridgehead atoms. The van der Waals surface area contributed by atoms with E-state index in [0.717, 1.165) is 24.0 Å². The molecule has 3 fully saturated rings. The van der Waals surface area contributed by atoms with Gasteiger partial charge in [0.25, 0.3) is 0 Å². The minimum atomic E-state index is 0.771. The van der Waals surface area contributed by atoms with Crippen LogP contribution in [0.2, 0.25) is 0 Å². The Hall–Kier alpha value is -0.860. The average molecular weight is 284 g/mol. The number of nitrogens with one attached hydrogen (secondary N) is 1. The van der Waals surface area contributed by atoms with Crippen LogP contribution in [0.3, 0.4) is 0 Å². The van der Waals surface area contributed by atoms with Crippen LogP contribution in [0.5, 0.6) is 0 Å². The fourth-order valence-electron chi connectivity index (χ4n) is 4.76. The zero-order chi connectivity index (χ0) is 14.2. The molecule has 0 aromatic heterocycles. The van der Waals surface area contributed by atoms with Crippen molar-refractivity contribution >= 4 is 0 Å². The lowest BCUT2D eigenvalue weighted by Gasteiger charge is -2.42. The zero-order valence-corrected chi connectivity index (χ0v) is 13.2. The standard InChI is InChI=1S/C19H28N2/c1-14-5-2-3-7-19(14)15-11-17(12-15)20-16-8-10-21-9-4-6-18(21)13-16/h2-3,5,7,15-18,20H,4,6,8-13H2,1H3. The molecule has 0 spiro atoms. The van der Waals surface area contributed by atoms with Gasteiger partial charge in [-0.1, -0.05) is 24.3 Å². The molecule has 1 aromatic carbocycles. The van der Waals surface area contributed by atoms with E-state index in [2.05, 4.69) is 41.4 Å². The molecule has 4 rings (SSSR count). The van der Waals surface area contributed by atoms with Crippen molar-refractivity contribution in [2.45, 2.75) is 69.5 Å². The number of hydrogen-bond acceptors (Lipinski definition) is 2. The predicted molar refractivity (Wildman–Crippen MR) is 87.7 cm³/mol. The lowest BCUT2D eigenvalue weighted by Crippen LogP contribution is -2.51. The van der Waals surface area contributed by atoms with Crippen LogP contribution in [0.1, 0.15) is 55.6 Å². The quantitative estimate of drug-likeness (QED) is 0.914. The van der Waals surface area contributed by atoms with Crippen molar-refractivity contribution in [1.82, 2.24) is 10.2 Å². The molecule has 0 amide bonds. The van der Waals surface area contributed by atoms with E-state index in [4.69, 9.17) is 0 Å². The van der Waals surface area contributed by atoms with Crippen LogP contribution in [0, 0.1) is 6.92 Å². The van der Waals surface area contributed by atoms with Crippen molar-refractivity contribution < 1.29 is 0 Å². The summed E-state index contributed by atoms with van der Waals surface area (Å²) in [4.78, 5) is 2.72. The summed E-state index contributed by atoms with van der Waals surface area (Å²) < 4.78 is 0. The Bertz CT molecular complexity index is 492. The Morgan fingerprint density at radius 1 is 1.00 bits per heavy atom. The minimum absolute atomic E-state index is 0.771. The third-order valence-electron chi connectivity index (χ3n) is 6.06. The first-order chi connectivity index (χ1) is 10.3. The smallest absolute Gasteiger partial charge is 0.0111 e. The van der Waals surface area contributed by atoms with Gasteiger partial charge in [-0.15, -0.1) is 0 Å². The van der Waals surface area contributed by atoms with E-state index in [0.29, 0.717) is 0 Å². The van der Waals surface area contributed by atoms with Crippen LogP contribution in [0.15, 0.2) is 24.3 Å². The van der Waals surface area contributed by atoms with Crippen molar-refractivity contribution in [2.75, 3.05) is 13.1 Å². The molecular weight excluding hydrogens is 256 g/mol. The van der Waals surface area contributed by atoms with Gasteiger partial charge in [0.05, 0.1) is 0 Å². The van der Waals surface area contributed by atoms with E-state index in [1.165, 1.54) is 57.2 Å². The molecule has 2 heterocycles. The molecule has 3 aliphatic rings. The van der Waals surface area contributed by atoms with Crippen molar-refractivity contribution in [3.63, 3.8) is 0 Å². The van der Waals surface area contributed by atoms with Gasteiger partial charge in [-0.05, 0) is 75.6 Å². The van der Waals surface area contributed by atoms with Crippen molar-refractivity contribution in [3.8, 4) is 0 Å². The Kier molecular flexibility index (Phi) is 3.76. The molecule has 1 aliphatic carbocycles. The molecule has 2 aliphatic heterocycles. The highest BCUT2D eigenvalue weighted by Crippen LogP contribution is 2.39. The molecule has 2 unspecified atom stereocenters. The van der Waals surface area contributed by atoms with Gasteiger partial charge in [-0.2, -0.15) is 0 Å². The van der Waals surface area contributed by atoms with Crippen LogP contribution < -0.4 is 5.32 Å². The van der Waals surface area contributed by atoms with Crippen LogP contribution in [0.4, 0.5) is 0 Å². The van der Waals surface area contributed by atoms with E-state index < -0.39 is 0 Å². The maximum absolute atomic E-state index is 3.96. The molecule has 2 atom stereocenters. The van der Waals surface area contributed by atoms with Crippen LogP contribution in [-0.4, -0.2) is 36.1 Å². The third-order valence-corrected chi connectivity index (χ3v) is 6.06. The minimum Gasteiger partial charge on any atom is -0.311 e. The molecule has 2 heteroatoms. The topological polar surface area (TPSA) is 15.3 Å². The van der Waals surface area contributed by atoms with Gasteiger partial charge in [0, 0.05) is 18.1 Å². The van der Waals surface area contributed by atoms with Gasteiger partial charge >= 0.3 is 0 Å². The Labute approximate surface area is 128 Å². The SMILES string of the molecule is Cc1ccccc1C1CC(NC2CCN3CCCC3C2)C1. The lowest BCUT2D eigenvalue weighted by atomic mass is 9.74. The van der Waals surface area contributed by atoms with Crippen LogP contribution in [-0.2, 0) is 0 Å². The maximum atomic E-state index is 3.96. The largest absolute Gasteiger partial charge is 0.311 e. The summed E-state index contributed by atoms with van der Waals surface area (Å²) in [6.45, 7) is 4.94. The molecule has 21 heavy (non-hydrogen) atoms. The molecule has 114 valence electrons. The molecule has 2 nitrogen and oxygen atoms in total. The molecule has 1 aromatic rings. The molecular formula is C19H28N2. The number of benzene rings is 1. The highest BCUT2D eigenvalue weighted by atomic mass is 15.2. The molecule has 1 N–H and O–H groups in total. The van der Waals surface area contributed by atoms with Gasteiger partial charge in [-0.25, -0.2) is 0 Å². The van der Waals surface area contributed by atoms with Crippen LogP contribution in [0.25, 0.3) is 0 Å². The number of aryl methyl sites for hydroxylation is 1. The number of nitrogens with zero attached hydrogens (tertiary/aromatic N) is 1. The van der Waals surface area contributed by atoms with E-state index in [9.17, 15) is 0 Å². The van der Waals surface area contributed by atoms with Gasteiger partial charge in [0.1, 0.15) is 0 Å². The second-order valence-corrected chi connectivity index (χ2v) is 7.44. The summed E-state index contributed by atoms with van der Waals surface area (Å²) in [5.74, 6) is 0.801. The summed E-state index contributed by atoms with van der Waals surface area (Å²) in [6, 6.07) is 11.4. The average Bonchev–Trinajstić information content (AvgIpc) is 2.91. The second kappa shape index (κ2) is 5.73. The Balaban J connectivity index is 1.28. The van der Waals surface area contributed by atoms with Gasteiger partial charge < -0.3 is 10.2 Å². The monoisotopic (exact) mass is 284 g/mol. The van der Waals surface area contributed by atoms with E-state index in [1.807, 2.05) is 0 Å². The summed E-state index contributed by atoms with van der Waals surface area (Å²) in [5, 5.41) is 3.96. The first-order valence-corrected chi connectivity index (χ1v) is 8.85. The summed E-state index contributed by atoms with van der Waals surface area (Å²) in [5.41, 5.74) is 3.06. The molecule has 1 saturated carbocycles. The van der Waals surface area contributed by atoms with E-state index in [1.54, 1.807) is 5.56 Å². The third kappa shape index (κ3) is 2.76. The van der Waals surface area contributed by atoms with Crippen LogP contribution >= 0.6 is 0 Å². The zero-order valence-electron chi connectivity index (χ0n) is 13.2. The summed E-state index contributed by atoms with van der Waals surface area (Å²) in [7, 11) is 0. The normalized spacial score (nSPS) is 36.2. The number of piperidine rings is 1. The number of fused-ring (bicyclic) bond motifs is 1. The van der Waals surface area contributed by atoms with Crippen molar-refractivity contribution in [1.29, 1.82) is 0 Å². The highest BCUT2D eigenvalue weighted by Gasteiger charge is 2.36. The molecule has 0 radical (unpaired) electrons. The van der Waals surface area contributed by atoms with Crippen molar-refractivity contribution in [3.05, 3.63) is 35.4 Å². The van der Waals surface area contributed by atoms with E-state index in [-0.39, 0.29) is 0 Å².